The number of fused-ring (bicyclic) bond motifs is 7. The van der Waals surface area contributed by atoms with E-state index in [0.29, 0.717) is 0 Å². The fourth-order valence-corrected chi connectivity index (χ4v) is 8.83. The first-order chi connectivity index (χ1) is 24.8. The Hall–Kier alpha value is -6.22. The average Bonchev–Trinajstić information content (AvgIpc) is 3.57. The van der Waals surface area contributed by atoms with Gasteiger partial charge in [0.15, 0.2) is 0 Å². The molecule has 0 amide bonds. The average molecular weight is 654 g/mol. The third-order valence-electron chi connectivity index (χ3n) is 10.0. The fraction of sp³-hybridized carbons (Fsp3) is 0. The second-order valence-electron chi connectivity index (χ2n) is 12.9. The third kappa shape index (κ3) is 4.76. The van der Waals surface area contributed by atoms with Gasteiger partial charge in [-0.15, -0.1) is 11.3 Å². The Bertz CT molecular complexity index is 2870. The highest BCUT2D eigenvalue weighted by Gasteiger charge is 2.19. The van der Waals surface area contributed by atoms with Crippen LogP contribution < -0.4 is 4.90 Å². The molecule has 2 heteroatoms. The first-order valence-electron chi connectivity index (χ1n) is 17.1. The van der Waals surface area contributed by atoms with E-state index in [-0.39, 0.29) is 0 Å². The zero-order valence-electron chi connectivity index (χ0n) is 27.3. The van der Waals surface area contributed by atoms with Crippen LogP contribution >= 0.6 is 11.3 Å². The number of hydrogen-bond acceptors (Lipinski definition) is 2. The van der Waals surface area contributed by atoms with Gasteiger partial charge >= 0.3 is 0 Å². The molecule has 234 valence electrons. The topological polar surface area (TPSA) is 3.24 Å². The van der Waals surface area contributed by atoms with E-state index in [1.165, 1.54) is 80.4 Å². The minimum atomic E-state index is 1.13. The standard InChI is InChI=1S/C48H31NS/c1-3-15-40-33(10-1)12-8-18-42(40)36-13-7-14-39(31-36)49(46-20-9-19-45-44-17-5-6-21-47(44)50-48(45)46)38-27-24-32(25-28-38)35-26-29-43-37(30-35)23-22-34-11-2-4-16-41(34)43/h1-31H. The highest BCUT2D eigenvalue weighted by molar-refractivity contribution is 7.26. The summed E-state index contributed by atoms with van der Waals surface area (Å²) in [5.41, 5.74) is 8.30. The van der Waals surface area contributed by atoms with E-state index in [1.54, 1.807) is 0 Å². The largest absolute Gasteiger partial charge is 0.309 e. The Morgan fingerprint density at radius 3 is 1.86 bits per heavy atom. The zero-order chi connectivity index (χ0) is 33.0. The maximum atomic E-state index is 2.43. The molecule has 0 atom stereocenters. The van der Waals surface area contributed by atoms with Crippen LogP contribution in [0, 0.1) is 0 Å². The predicted octanol–water partition coefficient (Wildman–Crippen LogP) is 14.3. The molecular formula is C48H31NS. The SMILES string of the molecule is c1cc(-c2cccc3ccccc23)cc(N(c2ccc(-c3ccc4c(ccc5ccccc54)c3)cc2)c2cccc3c2sc2ccccc23)c1. The molecule has 9 aromatic carbocycles. The van der Waals surface area contributed by atoms with E-state index in [4.69, 9.17) is 0 Å². The molecule has 0 radical (unpaired) electrons. The van der Waals surface area contributed by atoms with Crippen LogP contribution in [0.4, 0.5) is 17.1 Å². The smallest absolute Gasteiger partial charge is 0.0640 e. The van der Waals surface area contributed by atoms with Crippen molar-refractivity contribution in [2.45, 2.75) is 0 Å². The van der Waals surface area contributed by atoms with Gasteiger partial charge < -0.3 is 4.90 Å². The Balaban J connectivity index is 1.12. The molecule has 0 N–H and O–H groups in total. The maximum absolute atomic E-state index is 2.43. The lowest BCUT2D eigenvalue weighted by atomic mass is 9.97. The molecule has 0 spiro atoms. The molecule has 0 unspecified atom stereocenters. The van der Waals surface area contributed by atoms with E-state index in [9.17, 15) is 0 Å². The Morgan fingerprint density at radius 2 is 0.980 bits per heavy atom. The van der Waals surface area contributed by atoms with Gasteiger partial charge in [0.2, 0.25) is 0 Å². The number of thiophene rings is 1. The summed E-state index contributed by atoms with van der Waals surface area (Å²) in [6.07, 6.45) is 0. The van der Waals surface area contributed by atoms with E-state index >= 15 is 0 Å². The quantitative estimate of drug-likeness (QED) is 0.167. The Kier molecular flexibility index (Phi) is 6.75. The van der Waals surface area contributed by atoms with Gasteiger partial charge in [0.05, 0.1) is 10.4 Å². The van der Waals surface area contributed by atoms with Crippen LogP contribution in [0.15, 0.2) is 188 Å². The Morgan fingerprint density at radius 1 is 0.340 bits per heavy atom. The molecule has 1 aromatic heterocycles. The summed E-state index contributed by atoms with van der Waals surface area (Å²) in [6.45, 7) is 0. The van der Waals surface area contributed by atoms with Crippen molar-refractivity contribution in [1.29, 1.82) is 0 Å². The van der Waals surface area contributed by atoms with Gasteiger partial charge in [0.25, 0.3) is 0 Å². The molecule has 1 nitrogen and oxygen atoms in total. The van der Waals surface area contributed by atoms with Crippen LogP contribution in [-0.2, 0) is 0 Å². The van der Waals surface area contributed by atoms with Gasteiger partial charge in [-0.25, -0.2) is 0 Å². The number of hydrogen-bond donors (Lipinski definition) is 0. The molecule has 1 heterocycles. The summed E-state index contributed by atoms with van der Waals surface area (Å²) < 4.78 is 2.59. The summed E-state index contributed by atoms with van der Waals surface area (Å²) in [6, 6.07) is 68.7. The molecule has 0 fully saturated rings. The molecule has 10 rings (SSSR count). The lowest BCUT2D eigenvalue weighted by molar-refractivity contribution is 1.30. The summed E-state index contributed by atoms with van der Waals surface area (Å²) in [5, 5.41) is 10.2. The van der Waals surface area contributed by atoms with Crippen LogP contribution in [0.3, 0.4) is 0 Å². The third-order valence-corrected chi connectivity index (χ3v) is 11.2. The second-order valence-corrected chi connectivity index (χ2v) is 14.0. The number of benzene rings is 9. The predicted molar refractivity (Wildman–Crippen MR) is 217 cm³/mol. The molecule has 0 aliphatic carbocycles. The van der Waals surface area contributed by atoms with Crippen molar-refractivity contribution in [2.75, 3.05) is 4.90 Å². The Labute approximate surface area is 294 Å². The molecule has 0 saturated carbocycles. The highest BCUT2D eigenvalue weighted by atomic mass is 32.1. The summed E-state index contributed by atoms with van der Waals surface area (Å²) in [5.74, 6) is 0. The molecule has 50 heavy (non-hydrogen) atoms. The first kappa shape index (κ1) is 28.8. The van der Waals surface area contributed by atoms with Crippen molar-refractivity contribution in [1.82, 2.24) is 0 Å². The van der Waals surface area contributed by atoms with Crippen molar-refractivity contribution < 1.29 is 0 Å². The van der Waals surface area contributed by atoms with E-state index < -0.39 is 0 Å². The van der Waals surface area contributed by atoms with Gasteiger partial charge in [-0.3, -0.25) is 0 Å². The number of rotatable bonds is 5. The van der Waals surface area contributed by atoms with Gasteiger partial charge in [0.1, 0.15) is 0 Å². The molecule has 0 saturated heterocycles. The van der Waals surface area contributed by atoms with E-state index in [1.807, 2.05) is 11.3 Å². The molecule has 10 aromatic rings. The molecule has 0 bridgehead atoms. The van der Waals surface area contributed by atoms with Crippen molar-refractivity contribution in [2.24, 2.45) is 0 Å². The van der Waals surface area contributed by atoms with Crippen LogP contribution in [0.5, 0.6) is 0 Å². The fourth-order valence-electron chi connectivity index (χ4n) is 7.62. The van der Waals surface area contributed by atoms with Crippen molar-refractivity contribution in [3.63, 3.8) is 0 Å². The second kappa shape index (κ2) is 11.7. The van der Waals surface area contributed by atoms with Crippen LogP contribution in [0.2, 0.25) is 0 Å². The number of nitrogens with zero attached hydrogens (tertiary/aromatic N) is 1. The van der Waals surface area contributed by atoms with E-state index in [2.05, 4.69) is 193 Å². The van der Waals surface area contributed by atoms with Crippen LogP contribution in [0.1, 0.15) is 0 Å². The summed E-state index contributed by atoms with van der Waals surface area (Å²) in [4.78, 5) is 2.43. The molecule has 0 aliphatic rings. The number of anilines is 3. The molecule has 0 aliphatic heterocycles. The zero-order valence-corrected chi connectivity index (χ0v) is 28.1. The highest BCUT2D eigenvalue weighted by Crippen LogP contribution is 2.46. The summed E-state index contributed by atoms with van der Waals surface area (Å²) in [7, 11) is 0. The van der Waals surface area contributed by atoms with Crippen molar-refractivity contribution >= 4 is 80.9 Å². The summed E-state index contributed by atoms with van der Waals surface area (Å²) >= 11 is 1.87. The monoisotopic (exact) mass is 653 g/mol. The van der Waals surface area contributed by atoms with Crippen molar-refractivity contribution in [3.05, 3.63) is 188 Å². The van der Waals surface area contributed by atoms with Gasteiger partial charge in [0, 0.05) is 26.8 Å². The van der Waals surface area contributed by atoms with Gasteiger partial charge in [-0.1, -0.05) is 146 Å². The lowest BCUT2D eigenvalue weighted by Crippen LogP contribution is -2.10. The van der Waals surface area contributed by atoms with Crippen LogP contribution in [0.25, 0.3) is 74.7 Å². The van der Waals surface area contributed by atoms with Crippen molar-refractivity contribution in [3.8, 4) is 22.3 Å². The molecular weight excluding hydrogens is 623 g/mol. The van der Waals surface area contributed by atoms with Gasteiger partial charge in [-0.05, 0) is 97.0 Å². The normalized spacial score (nSPS) is 11.6. The van der Waals surface area contributed by atoms with Gasteiger partial charge in [-0.2, -0.15) is 0 Å². The minimum absolute atomic E-state index is 1.13. The minimum Gasteiger partial charge on any atom is -0.309 e. The van der Waals surface area contributed by atoms with Crippen LogP contribution in [-0.4, -0.2) is 0 Å². The first-order valence-corrected chi connectivity index (χ1v) is 17.9. The van der Waals surface area contributed by atoms with E-state index in [0.717, 1.165) is 11.4 Å². The lowest BCUT2D eigenvalue weighted by Gasteiger charge is -2.27. The maximum Gasteiger partial charge on any atom is 0.0640 e.